The van der Waals surface area contributed by atoms with Crippen molar-refractivity contribution in [2.75, 3.05) is 7.11 Å². The molecule has 0 aromatic carbocycles. The number of methoxy groups -OCH3 is 1. The van der Waals surface area contributed by atoms with Crippen LogP contribution in [0.15, 0.2) is 0 Å². The molecule has 3 rings (SSSR count). The van der Waals surface area contributed by atoms with Gasteiger partial charge in [0.1, 0.15) is 0 Å². The molecule has 0 saturated heterocycles. The minimum absolute atomic E-state index is 0.579. The minimum atomic E-state index is 0.579. The van der Waals surface area contributed by atoms with Gasteiger partial charge in [0, 0.05) is 19.2 Å². The third kappa shape index (κ3) is 3.72. The number of hydrogen-bond acceptors (Lipinski definition) is 2. The smallest absolute Gasteiger partial charge is 0.0627 e. The Morgan fingerprint density at radius 2 is 1.26 bits per heavy atom. The maximum Gasteiger partial charge on any atom is 0.0627 e. The van der Waals surface area contributed by atoms with Gasteiger partial charge in [0.15, 0.2) is 0 Å². The Balaban J connectivity index is 1.41. The predicted molar refractivity (Wildman–Crippen MR) is 79.3 cm³/mol. The fourth-order valence-corrected chi connectivity index (χ4v) is 4.41. The monoisotopic (exact) mass is 265 g/mol. The first-order valence-corrected chi connectivity index (χ1v) is 8.65. The number of hydrogen-bond donors (Lipinski definition) is 1. The molecule has 0 amide bonds. The van der Waals surface area contributed by atoms with Crippen molar-refractivity contribution in [2.45, 2.75) is 88.8 Å². The molecule has 3 saturated carbocycles. The SMILES string of the molecule is COC(C1CCC(NC2CCCCC2)CC1)C1CC1. The second-order valence-corrected chi connectivity index (χ2v) is 7.15. The largest absolute Gasteiger partial charge is 0.381 e. The lowest BCUT2D eigenvalue weighted by molar-refractivity contribution is 0.0162. The highest BCUT2D eigenvalue weighted by Crippen LogP contribution is 2.41. The van der Waals surface area contributed by atoms with Crippen LogP contribution in [0.2, 0.25) is 0 Å². The van der Waals surface area contributed by atoms with Gasteiger partial charge in [-0.05, 0) is 63.2 Å². The van der Waals surface area contributed by atoms with Crippen LogP contribution in [0.5, 0.6) is 0 Å². The molecule has 1 N–H and O–H groups in total. The van der Waals surface area contributed by atoms with Crippen molar-refractivity contribution in [2.24, 2.45) is 11.8 Å². The van der Waals surface area contributed by atoms with Gasteiger partial charge in [-0.1, -0.05) is 19.3 Å². The van der Waals surface area contributed by atoms with E-state index >= 15 is 0 Å². The maximum atomic E-state index is 5.78. The van der Waals surface area contributed by atoms with Crippen LogP contribution in [-0.4, -0.2) is 25.3 Å². The Morgan fingerprint density at radius 3 is 1.79 bits per heavy atom. The van der Waals surface area contributed by atoms with Crippen LogP contribution in [0.4, 0.5) is 0 Å². The summed E-state index contributed by atoms with van der Waals surface area (Å²) in [4.78, 5) is 0. The molecule has 2 heteroatoms. The average molecular weight is 265 g/mol. The summed E-state index contributed by atoms with van der Waals surface area (Å²) in [6.45, 7) is 0. The minimum Gasteiger partial charge on any atom is -0.381 e. The Kier molecular flexibility index (Phi) is 4.81. The lowest BCUT2D eigenvalue weighted by Gasteiger charge is -2.36. The van der Waals surface area contributed by atoms with E-state index in [-0.39, 0.29) is 0 Å². The van der Waals surface area contributed by atoms with Crippen molar-refractivity contribution >= 4 is 0 Å². The summed E-state index contributed by atoms with van der Waals surface area (Å²) >= 11 is 0. The van der Waals surface area contributed by atoms with E-state index in [2.05, 4.69) is 5.32 Å². The van der Waals surface area contributed by atoms with E-state index < -0.39 is 0 Å². The summed E-state index contributed by atoms with van der Waals surface area (Å²) < 4.78 is 5.78. The van der Waals surface area contributed by atoms with Gasteiger partial charge in [0.05, 0.1) is 6.10 Å². The molecule has 1 unspecified atom stereocenters. The summed E-state index contributed by atoms with van der Waals surface area (Å²) in [7, 11) is 1.93. The zero-order valence-corrected chi connectivity index (χ0v) is 12.6. The predicted octanol–water partition coefficient (Wildman–Crippen LogP) is 3.89. The van der Waals surface area contributed by atoms with Crippen molar-refractivity contribution in [1.82, 2.24) is 5.32 Å². The summed E-state index contributed by atoms with van der Waals surface area (Å²) in [5.41, 5.74) is 0. The molecule has 0 heterocycles. The van der Waals surface area contributed by atoms with Gasteiger partial charge in [-0.25, -0.2) is 0 Å². The number of nitrogens with one attached hydrogen (secondary N) is 1. The van der Waals surface area contributed by atoms with Gasteiger partial charge >= 0.3 is 0 Å². The number of rotatable bonds is 5. The van der Waals surface area contributed by atoms with Crippen molar-refractivity contribution in [3.05, 3.63) is 0 Å². The third-order valence-corrected chi connectivity index (χ3v) is 5.67. The van der Waals surface area contributed by atoms with E-state index in [4.69, 9.17) is 4.74 Å². The first kappa shape index (κ1) is 13.9. The Labute approximate surface area is 118 Å². The van der Waals surface area contributed by atoms with Crippen LogP contribution in [0, 0.1) is 11.8 Å². The molecule has 0 spiro atoms. The molecule has 1 atom stereocenters. The van der Waals surface area contributed by atoms with Gasteiger partial charge < -0.3 is 10.1 Å². The Bertz CT molecular complexity index is 262. The van der Waals surface area contributed by atoms with Crippen LogP contribution in [0.3, 0.4) is 0 Å². The number of ether oxygens (including phenoxy) is 1. The molecule has 0 radical (unpaired) electrons. The van der Waals surface area contributed by atoms with Gasteiger partial charge in [-0.15, -0.1) is 0 Å². The normalized spacial score (nSPS) is 35.2. The summed E-state index contributed by atoms with van der Waals surface area (Å²) in [6.07, 6.45) is 16.1. The molecule has 2 nitrogen and oxygen atoms in total. The standard InChI is InChI=1S/C17H31NO/c1-19-17(13-7-8-13)14-9-11-16(12-10-14)18-15-5-3-2-4-6-15/h13-18H,2-12H2,1H3. The van der Waals surface area contributed by atoms with Crippen LogP contribution in [0.25, 0.3) is 0 Å². The zero-order chi connectivity index (χ0) is 13.1. The van der Waals surface area contributed by atoms with Crippen molar-refractivity contribution in [3.63, 3.8) is 0 Å². The highest BCUT2D eigenvalue weighted by molar-refractivity contribution is 4.90. The fourth-order valence-electron chi connectivity index (χ4n) is 4.41. The molecule has 3 aliphatic carbocycles. The molecule has 3 fully saturated rings. The maximum absolute atomic E-state index is 5.78. The van der Waals surface area contributed by atoms with Crippen LogP contribution in [-0.2, 0) is 4.74 Å². The average Bonchev–Trinajstić information content (AvgIpc) is 3.27. The Morgan fingerprint density at radius 1 is 0.737 bits per heavy atom. The quantitative estimate of drug-likeness (QED) is 0.814. The van der Waals surface area contributed by atoms with Gasteiger partial charge in [-0.3, -0.25) is 0 Å². The Hall–Kier alpha value is -0.0800. The molecular formula is C17H31NO. The molecule has 19 heavy (non-hydrogen) atoms. The highest BCUT2D eigenvalue weighted by Gasteiger charge is 2.38. The molecule has 0 aromatic heterocycles. The van der Waals surface area contributed by atoms with Crippen molar-refractivity contribution in [3.8, 4) is 0 Å². The lowest BCUT2D eigenvalue weighted by atomic mass is 9.80. The van der Waals surface area contributed by atoms with E-state index in [0.29, 0.717) is 6.10 Å². The van der Waals surface area contributed by atoms with Crippen molar-refractivity contribution in [1.29, 1.82) is 0 Å². The van der Waals surface area contributed by atoms with E-state index in [1.54, 1.807) is 0 Å². The van der Waals surface area contributed by atoms with Crippen molar-refractivity contribution < 1.29 is 4.74 Å². The molecule has 0 bridgehead atoms. The topological polar surface area (TPSA) is 21.3 Å². The molecule has 0 aromatic rings. The summed E-state index contributed by atoms with van der Waals surface area (Å²) in [5.74, 6) is 1.75. The summed E-state index contributed by atoms with van der Waals surface area (Å²) in [6, 6.07) is 1.63. The first-order valence-electron chi connectivity index (χ1n) is 8.65. The van der Waals surface area contributed by atoms with E-state index in [1.807, 2.05) is 7.11 Å². The zero-order valence-electron chi connectivity index (χ0n) is 12.6. The van der Waals surface area contributed by atoms with E-state index in [0.717, 1.165) is 23.9 Å². The highest BCUT2D eigenvalue weighted by atomic mass is 16.5. The second-order valence-electron chi connectivity index (χ2n) is 7.15. The first-order chi connectivity index (χ1) is 9.36. The third-order valence-electron chi connectivity index (χ3n) is 5.67. The van der Waals surface area contributed by atoms with Crippen LogP contribution in [0.1, 0.15) is 70.6 Å². The van der Waals surface area contributed by atoms with Gasteiger partial charge in [-0.2, -0.15) is 0 Å². The van der Waals surface area contributed by atoms with E-state index in [1.165, 1.54) is 70.6 Å². The molecular weight excluding hydrogens is 234 g/mol. The molecule has 110 valence electrons. The summed E-state index contributed by atoms with van der Waals surface area (Å²) in [5, 5.41) is 3.94. The van der Waals surface area contributed by atoms with Crippen LogP contribution >= 0.6 is 0 Å². The molecule has 0 aliphatic heterocycles. The van der Waals surface area contributed by atoms with Gasteiger partial charge in [0.25, 0.3) is 0 Å². The molecule has 3 aliphatic rings. The fraction of sp³-hybridized carbons (Fsp3) is 1.00. The van der Waals surface area contributed by atoms with Gasteiger partial charge in [0.2, 0.25) is 0 Å². The second kappa shape index (κ2) is 6.58. The van der Waals surface area contributed by atoms with E-state index in [9.17, 15) is 0 Å². The lowest BCUT2D eigenvalue weighted by Crippen LogP contribution is -2.43. The van der Waals surface area contributed by atoms with Crippen LogP contribution < -0.4 is 5.32 Å².